The fourth-order valence-electron chi connectivity index (χ4n) is 5.79. The van der Waals surface area contributed by atoms with Crippen LogP contribution in [0.4, 0.5) is 5.69 Å². The van der Waals surface area contributed by atoms with Gasteiger partial charge in [-0.3, -0.25) is 14.9 Å². The van der Waals surface area contributed by atoms with E-state index in [1.807, 2.05) is 0 Å². The molecule has 0 spiro atoms. The van der Waals surface area contributed by atoms with Gasteiger partial charge in [-0.25, -0.2) is 0 Å². The molecule has 3 aliphatic carbocycles. The molecule has 0 aliphatic heterocycles. The topological polar surface area (TPSA) is 130 Å². The lowest BCUT2D eigenvalue weighted by molar-refractivity contribution is -0.386. The summed E-state index contributed by atoms with van der Waals surface area (Å²) < 4.78 is 27.2. The highest BCUT2D eigenvalue weighted by molar-refractivity contribution is 7.84. The minimum Gasteiger partial charge on any atom is -0.364 e. The highest BCUT2D eigenvalue weighted by atomic mass is 32.2. The number of Topliss-reactive ketones (excluding diaryl/α,β-unsaturated/α-hetero) is 1. The van der Waals surface area contributed by atoms with Crippen molar-refractivity contribution >= 4 is 21.8 Å². The lowest BCUT2D eigenvalue weighted by atomic mass is 9.55. The van der Waals surface area contributed by atoms with Gasteiger partial charge in [0, 0.05) is 17.4 Å². The largest absolute Gasteiger partial charge is 0.380 e. The van der Waals surface area contributed by atoms with Crippen molar-refractivity contribution in [2.24, 2.45) is 22.4 Å². The first-order valence-electron chi connectivity index (χ1n) is 9.17. The van der Waals surface area contributed by atoms with E-state index in [-0.39, 0.29) is 22.8 Å². The van der Waals surface area contributed by atoms with Gasteiger partial charge in [0.15, 0.2) is 0 Å². The number of nitro benzene ring substituents is 1. The number of carbonyl (C=O) groups excluding carboxylic acids is 1. The second-order valence-electron chi connectivity index (χ2n) is 8.15. The quantitative estimate of drug-likeness (QED) is 0.619. The molecule has 0 unspecified atom stereocenters. The zero-order chi connectivity index (χ0) is 19.6. The van der Waals surface area contributed by atoms with Crippen molar-refractivity contribution in [2.75, 3.05) is 0 Å². The summed E-state index contributed by atoms with van der Waals surface area (Å²) in [6, 6.07) is 3.07. The monoisotopic (exact) mass is 394 g/mol. The average Bonchev–Trinajstić information content (AvgIpc) is 2.88. The van der Waals surface area contributed by atoms with E-state index in [4.69, 9.17) is 5.14 Å². The molecular formula is C18H22N2O6S. The maximum Gasteiger partial charge on any atom is 0.380 e. The van der Waals surface area contributed by atoms with Gasteiger partial charge in [-0.1, -0.05) is 13.0 Å². The van der Waals surface area contributed by atoms with Crippen LogP contribution in [0, 0.1) is 27.4 Å². The summed E-state index contributed by atoms with van der Waals surface area (Å²) in [5, 5.41) is 16.6. The number of carbonyl (C=O) groups is 1. The van der Waals surface area contributed by atoms with E-state index in [1.165, 1.54) is 6.07 Å². The highest BCUT2D eigenvalue weighted by Gasteiger charge is 2.55. The van der Waals surface area contributed by atoms with Crippen LogP contribution in [0.1, 0.15) is 56.1 Å². The highest BCUT2D eigenvalue weighted by Crippen LogP contribution is 2.60. The van der Waals surface area contributed by atoms with Crippen molar-refractivity contribution in [3.8, 4) is 5.75 Å². The van der Waals surface area contributed by atoms with E-state index in [0.29, 0.717) is 36.0 Å². The van der Waals surface area contributed by atoms with Gasteiger partial charge in [-0.05, 0) is 61.5 Å². The maximum atomic E-state index is 12.4. The van der Waals surface area contributed by atoms with Crippen LogP contribution in [0.3, 0.4) is 0 Å². The van der Waals surface area contributed by atoms with Gasteiger partial charge >= 0.3 is 16.0 Å². The molecule has 27 heavy (non-hydrogen) atoms. The van der Waals surface area contributed by atoms with Crippen LogP contribution in [0.15, 0.2) is 12.1 Å². The van der Waals surface area contributed by atoms with E-state index in [9.17, 15) is 23.3 Å². The Morgan fingerprint density at radius 2 is 2.00 bits per heavy atom. The first-order chi connectivity index (χ1) is 12.6. The predicted molar refractivity (Wildman–Crippen MR) is 96.5 cm³/mol. The van der Waals surface area contributed by atoms with E-state index < -0.39 is 15.2 Å². The van der Waals surface area contributed by atoms with Crippen LogP contribution < -0.4 is 9.32 Å². The van der Waals surface area contributed by atoms with Crippen molar-refractivity contribution in [3.05, 3.63) is 33.4 Å². The molecule has 2 N–H and O–H groups in total. The van der Waals surface area contributed by atoms with Crippen molar-refractivity contribution in [3.63, 3.8) is 0 Å². The van der Waals surface area contributed by atoms with Gasteiger partial charge in [-0.2, -0.15) is 13.6 Å². The van der Waals surface area contributed by atoms with E-state index in [1.54, 1.807) is 6.07 Å². The molecule has 1 aromatic carbocycles. The summed E-state index contributed by atoms with van der Waals surface area (Å²) in [7, 11) is -4.35. The molecule has 8 nitrogen and oxygen atoms in total. The van der Waals surface area contributed by atoms with Crippen LogP contribution in [0.2, 0.25) is 0 Å². The molecule has 4 atom stereocenters. The van der Waals surface area contributed by atoms with Gasteiger partial charge in [0.1, 0.15) is 5.78 Å². The SMILES string of the molecule is C[C@]12CC[C@@H]3c4ccc(OS(N)(=O)=O)c([N+](=O)[O-])c4CC[C@H]3[C@@H]1CCC2=O. The first kappa shape index (κ1) is 18.4. The standard InChI is InChI=1S/C18H22N2O6S/c1-18-9-8-11-10-4-6-15(26-27(19,24)25)17(20(22)23)13(10)3-2-12(11)14(18)5-7-16(18)21/h4,6,11-12,14H,2-3,5,7-9H2,1H3,(H2,19,24,25)/t11-,12-,14+,18+/m1/s1. The van der Waals surface area contributed by atoms with Gasteiger partial charge in [0.2, 0.25) is 5.75 Å². The fraction of sp³-hybridized carbons (Fsp3) is 0.611. The number of ketones is 1. The minimum atomic E-state index is -4.35. The number of rotatable bonds is 3. The number of nitro groups is 1. The molecular weight excluding hydrogens is 372 g/mol. The lowest BCUT2D eigenvalue weighted by Crippen LogP contribution is -2.42. The van der Waals surface area contributed by atoms with E-state index >= 15 is 0 Å². The van der Waals surface area contributed by atoms with Crippen LogP contribution in [-0.2, 0) is 21.5 Å². The van der Waals surface area contributed by atoms with Gasteiger partial charge in [0.25, 0.3) is 0 Å². The molecule has 0 bridgehead atoms. The fourth-order valence-corrected chi connectivity index (χ4v) is 6.18. The Labute approximate surface area is 157 Å². The van der Waals surface area contributed by atoms with Crippen molar-refractivity contribution in [1.29, 1.82) is 0 Å². The molecule has 0 heterocycles. The summed E-state index contributed by atoms with van der Waals surface area (Å²) in [4.78, 5) is 23.5. The van der Waals surface area contributed by atoms with Crippen molar-refractivity contribution in [2.45, 2.75) is 51.4 Å². The second-order valence-corrected chi connectivity index (χ2v) is 9.30. The Morgan fingerprint density at radius 1 is 1.26 bits per heavy atom. The number of benzene rings is 1. The Morgan fingerprint density at radius 3 is 2.67 bits per heavy atom. The lowest BCUT2D eigenvalue weighted by Gasteiger charge is -2.48. The molecule has 2 saturated carbocycles. The molecule has 1 aromatic rings. The van der Waals surface area contributed by atoms with Gasteiger partial charge in [0.05, 0.1) is 4.92 Å². The summed E-state index contributed by atoms with van der Waals surface area (Å²) in [5.74, 6) is 0.805. The third kappa shape index (κ3) is 2.84. The zero-order valence-electron chi connectivity index (χ0n) is 15.0. The average molecular weight is 394 g/mol. The molecule has 0 amide bonds. The molecule has 146 valence electrons. The summed E-state index contributed by atoms with van der Waals surface area (Å²) >= 11 is 0. The zero-order valence-corrected chi connectivity index (χ0v) is 15.8. The number of fused-ring (bicyclic) bond motifs is 5. The number of nitrogens with two attached hydrogens (primary N) is 1. The van der Waals surface area contributed by atoms with Crippen LogP contribution in [0.5, 0.6) is 5.75 Å². The number of nitrogens with zero attached hydrogens (tertiary/aromatic N) is 1. The van der Waals surface area contributed by atoms with E-state index in [2.05, 4.69) is 11.1 Å². The molecule has 3 aliphatic rings. The van der Waals surface area contributed by atoms with Crippen LogP contribution >= 0.6 is 0 Å². The molecule has 9 heteroatoms. The third-order valence-corrected chi connectivity index (χ3v) is 7.36. The Kier molecular flexibility index (Phi) is 4.08. The first-order valence-corrected chi connectivity index (χ1v) is 10.6. The van der Waals surface area contributed by atoms with Crippen molar-refractivity contribution < 1.29 is 22.3 Å². The summed E-state index contributed by atoms with van der Waals surface area (Å²) in [6.45, 7) is 2.07. The Balaban J connectivity index is 1.77. The normalized spacial score (nSPS) is 32.4. The predicted octanol–water partition coefficient (Wildman–Crippen LogP) is 2.60. The molecule has 0 aromatic heterocycles. The molecule has 0 radical (unpaired) electrons. The van der Waals surface area contributed by atoms with E-state index in [0.717, 1.165) is 31.2 Å². The second kappa shape index (κ2) is 6.00. The number of hydrogen-bond donors (Lipinski definition) is 1. The molecule has 4 rings (SSSR count). The van der Waals surface area contributed by atoms with Crippen LogP contribution in [-0.4, -0.2) is 19.1 Å². The third-order valence-electron chi connectivity index (χ3n) is 6.94. The summed E-state index contributed by atoms with van der Waals surface area (Å²) in [6.07, 6.45) is 4.34. The van der Waals surface area contributed by atoms with Gasteiger partial charge in [-0.15, -0.1) is 0 Å². The Hall–Kier alpha value is -2.00. The Bertz CT molecular complexity index is 943. The van der Waals surface area contributed by atoms with Gasteiger partial charge < -0.3 is 4.18 Å². The minimum absolute atomic E-state index is 0.153. The smallest absolute Gasteiger partial charge is 0.364 e. The molecule has 2 fully saturated rings. The maximum absolute atomic E-state index is 12.4. The van der Waals surface area contributed by atoms with Crippen LogP contribution in [0.25, 0.3) is 0 Å². The summed E-state index contributed by atoms with van der Waals surface area (Å²) in [5.41, 5.74) is 0.855. The molecule has 0 saturated heterocycles. The van der Waals surface area contributed by atoms with Crippen molar-refractivity contribution in [1.82, 2.24) is 0 Å². The number of hydrogen-bond acceptors (Lipinski definition) is 6.